The lowest BCUT2D eigenvalue weighted by atomic mass is 10.2. The summed E-state index contributed by atoms with van der Waals surface area (Å²) in [5, 5.41) is 7.95. The number of methoxy groups -OCH3 is 1. The number of nitrogens with zero attached hydrogens (tertiary/aromatic N) is 3. The number of anilines is 1. The maximum atomic E-state index is 12.1. The van der Waals surface area contributed by atoms with Gasteiger partial charge in [0, 0.05) is 19.2 Å². The Bertz CT molecular complexity index is 585. The molecule has 6 nitrogen and oxygen atoms in total. The Hall–Kier alpha value is -2.15. The zero-order valence-corrected chi connectivity index (χ0v) is 11.5. The van der Waals surface area contributed by atoms with Gasteiger partial charge in [0.2, 0.25) is 10.1 Å². The maximum absolute atomic E-state index is 12.1. The first-order valence-corrected chi connectivity index (χ1v) is 6.40. The Morgan fingerprint density at radius 1 is 1.42 bits per heavy atom. The second kappa shape index (κ2) is 5.66. The normalized spacial score (nSPS) is 10.2. The molecule has 0 saturated carbocycles. The van der Waals surface area contributed by atoms with Gasteiger partial charge in [-0.1, -0.05) is 29.5 Å². The summed E-state index contributed by atoms with van der Waals surface area (Å²) in [6.07, 6.45) is 0. The van der Waals surface area contributed by atoms with Gasteiger partial charge in [-0.2, -0.15) is 0 Å². The lowest BCUT2D eigenvalue weighted by Crippen LogP contribution is -2.26. The monoisotopic (exact) mass is 278 g/mol. The summed E-state index contributed by atoms with van der Waals surface area (Å²) in [7, 11) is 3.30. The van der Waals surface area contributed by atoms with Crippen LogP contribution in [0.1, 0.15) is 15.4 Å². The van der Waals surface area contributed by atoms with Gasteiger partial charge >= 0.3 is 0 Å². The van der Waals surface area contributed by atoms with Crippen LogP contribution in [0.15, 0.2) is 24.3 Å². The zero-order chi connectivity index (χ0) is 13.8. The van der Waals surface area contributed by atoms with Gasteiger partial charge in [0.05, 0.1) is 7.11 Å². The first-order chi connectivity index (χ1) is 9.11. The topological polar surface area (TPSA) is 81.3 Å². The number of aromatic nitrogens is 2. The molecule has 0 atom stereocenters. The van der Waals surface area contributed by atoms with Gasteiger partial charge in [0.25, 0.3) is 5.91 Å². The molecule has 7 heteroatoms. The highest BCUT2D eigenvalue weighted by Crippen LogP contribution is 2.20. The minimum Gasteiger partial charge on any atom is -0.496 e. The van der Waals surface area contributed by atoms with Crippen LogP contribution in [0.2, 0.25) is 0 Å². The van der Waals surface area contributed by atoms with E-state index >= 15 is 0 Å². The number of nitrogens with two attached hydrogens (primary N) is 1. The van der Waals surface area contributed by atoms with Crippen molar-refractivity contribution in [1.82, 2.24) is 15.1 Å². The van der Waals surface area contributed by atoms with Crippen molar-refractivity contribution in [2.24, 2.45) is 0 Å². The van der Waals surface area contributed by atoms with E-state index in [1.165, 1.54) is 0 Å². The molecule has 0 bridgehead atoms. The van der Waals surface area contributed by atoms with Gasteiger partial charge in [-0.15, -0.1) is 10.2 Å². The highest BCUT2D eigenvalue weighted by molar-refractivity contribution is 7.16. The van der Waals surface area contributed by atoms with Gasteiger partial charge in [-0.3, -0.25) is 4.79 Å². The Kier molecular flexibility index (Phi) is 3.96. The van der Waals surface area contributed by atoms with Crippen LogP contribution in [0.3, 0.4) is 0 Å². The number of hydrogen-bond acceptors (Lipinski definition) is 6. The lowest BCUT2D eigenvalue weighted by Gasteiger charge is -2.17. The van der Waals surface area contributed by atoms with Gasteiger partial charge in [-0.05, 0) is 6.07 Å². The highest BCUT2D eigenvalue weighted by Gasteiger charge is 2.17. The number of para-hydroxylation sites is 1. The van der Waals surface area contributed by atoms with Crippen LogP contribution in [-0.4, -0.2) is 35.2 Å². The first kappa shape index (κ1) is 13.3. The molecule has 0 spiro atoms. The van der Waals surface area contributed by atoms with E-state index in [4.69, 9.17) is 10.5 Å². The molecule has 19 heavy (non-hydrogen) atoms. The number of carbonyl (C=O) groups is 1. The molecule has 0 aliphatic carbocycles. The summed E-state index contributed by atoms with van der Waals surface area (Å²) < 4.78 is 5.25. The minimum absolute atomic E-state index is 0.208. The molecule has 0 aliphatic heterocycles. The minimum atomic E-state index is -0.208. The molecular weight excluding hydrogens is 264 g/mol. The van der Waals surface area contributed by atoms with Crippen LogP contribution < -0.4 is 10.5 Å². The maximum Gasteiger partial charge on any atom is 0.284 e. The predicted octanol–water partition coefficient (Wildman–Crippen LogP) is 1.40. The quantitative estimate of drug-likeness (QED) is 0.914. The van der Waals surface area contributed by atoms with E-state index in [1.54, 1.807) is 19.1 Å². The SMILES string of the molecule is COc1ccccc1CN(C)C(=O)c1nnc(N)s1. The number of amides is 1. The van der Waals surface area contributed by atoms with E-state index in [2.05, 4.69) is 10.2 Å². The fourth-order valence-electron chi connectivity index (χ4n) is 1.65. The summed E-state index contributed by atoms with van der Waals surface area (Å²) in [6.45, 7) is 0.433. The van der Waals surface area contributed by atoms with Crippen LogP contribution in [0.4, 0.5) is 5.13 Å². The second-order valence-electron chi connectivity index (χ2n) is 3.92. The van der Waals surface area contributed by atoms with Crippen LogP contribution in [0.25, 0.3) is 0 Å². The molecule has 1 amide bonds. The summed E-state index contributed by atoms with van der Waals surface area (Å²) in [6, 6.07) is 7.56. The number of nitrogen functional groups attached to an aromatic ring is 1. The van der Waals surface area contributed by atoms with Gasteiger partial charge in [0.15, 0.2) is 0 Å². The molecule has 1 heterocycles. The van der Waals surface area contributed by atoms with E-state index in [0.717, 1.165) is 22.6 Å². The van der Waals surface area contributed by atoms with Gasteiger partial charge < -0.3 is 15.4 Å². The first-order valence-electron chi connectivity index (χ1n) is 5.58. The van der Waals surface area contributed by atoms with E-state index in [9.17, 15) is 4.79 Å². The lowest BCUT2D eigenvalue weighted by molar-refractivity contribution is 0.0783. The number of ether oxygens (including phenoxy) is 1. The summed E-state index contributed by atoms with van der Waals surface area (Å²) >= 11 is 1.08. The average Bonchev–Trinajstić information content (AvgIpc) is 2.85. The molecular formula is C12H14N4O2S. The second-order valence-corrected chi connectivity index (χ2v) is 4.93. The molecule has 1 aromatic heterocycles. The molecule has 2 rings (SSSR count). The fraction of sp³-hybridized carbons (Fsp3) is 0.250. The van der Waals surface area contributed by atoms with Crippen LogP contribution in [0.5, 0.6) is 5.75 Å². The Morgan fingerprint density at radius 3 is 2.79 bits per heavy atom. The Morgan fingerprint density at radius 2 is 2.16 bits per heavy atom. The highest BCUT2D eigenvalue weighted by atomic mass is 32.1. The van der Waals surface area contributed by atoms with E-state index in [1.807, 2.05) is 24.3 Å². The third-order valence-electron chi connectivity index (χ3n) is 2.57. The molecule has 0 radical (unpaired) electrons. The van der Waals surface area contributed by atoms with Crippen LogP contribution in [-0.2, 0) is 6.54 Å². The third-order valence-corrected chi connectivity index (χ3v) is 3.31. The molecule has 2 aromatic rings. The van der Waals surface area contributed by atoms with Crippen molar-refractivity contribution in [2.45, 2.75) is 6.54 Å². The van der Waals surface area contributed by atoms with Crippen molar-refractivity contribution in [3.05, 3.63) is 34.8 Å². The van der Waals surface area contributed by atoms with Gasteiger partial charge in [-0.25, -0.2) is 0 Å². The molecule has 0 aliphatic rings. The van der Waals surface area contributed by atoms with Crippen LogP contribution >= 0.6 is 11.3 Å². The fourth-order valence-corrected chi connectivity index (χ4v) is 2.25. The Labute approximate surface area is 114 Å². The van der Waals surface area contributed by atoms with E-state index in [-0.39, 0.29) is 16.0 Å². The van der Waals surface area contributed by atoms with Crippen molar-refractivity contribution in [3.8, 4) is 5.75 Å². The van der Waals surface area contributed by atoms with Crippen molar-refractivity contribution in [1.29, 1.82) is 0 Å². The standard InChI is InChI=1S/C12H14N4O2S/c1-16(11(17)10-14-15-12(13)19-10)7-8-5-3-4-6-9(8)18-2/h3-6H,7H2,1-2H3,(H2,13,15). The summed E-state index contributed by atoms with van der Waals surface area (Å²) in [5.41, 5.74) is 6.40. The largest absolute Gasteiger partial charge is 0.496 e. The molecule has 2 N–H and O–H groups in total. The molecule has 0 fully saturated rings. The predicted molar refractivity (Wildman–Crippen MR) is 73.1 cm³/mol. The number of hydrogen-bond donors (Lipinski definition) is 1. The van der Waals surface area contributed by atoms with Crippen molar-refractivity contribution in [2.75, 3.05) is 19.9 Å². The number of carbonyl (C=O) groups excluding carboxylic acids is 1. The number of benzene rings is 1. The summed E-state index contributed by atoms with van der Waals surface area (Å²) in [5.74, 6) is 0.541. The molecule has 1 aromatic carbocycles. The average molecular weight is 278 g/mol. The molecule has 0 unspecified atom stereocenters. The molecule has 100 valence electrons. The smallest absolute Gasteiger partial charge is 0.284 e. The Balaban J connectivity index is 2.12. The molecule has 0 saturated heterocycles. The van der Waals surface area contributed by atoms with Crippen molar-refractivity contribution < 1.29 is 9.53 Å². The van der Waals surface area contributed by atoms with E-state index < -0.39 is 0 Å². The third kappa shape index (κ3) is 3.00. The van der Waals surface area contributed by atoms with Gasteiger partial charge in [0.1, 0.15) is 5.75 Å². The van der Waals surface area contributed by atoms with E-state index in [0.29, 0.717) is 6.54 Å². The van der Waals surface area contributed by atoms with Crippen molar-refractivity contribution >= 4 is 22.4 Å². The van der Waals surface area contributed by atoms with Crippen LogP contribution in [0, 0.1) is 0 Å². The zero-order valence-electron chi connectivity index (χ0n) is 10.7. The number of rotatable bonds is 4. The van der Waals surface area contributed by atoms with Crippen molar-refractivity contribution in [3.63, 3.8) is 0 Å². The summed E-state index contributed by atoms with van der Waals surface area (Å²) in [4.78, 5) is 13.7.